The average Bonchev–Trinajstić information content (AvgIpc) is 2.34. The van der Waals surface area contributed by atoms with Crippen molar-refractivity contribution in [2.45, 2.75) is 13.0 Å². The summed E-state index contributed by atoms with van der Waals surface area (Å²) in [5, 5.41) is 2.81. The van der Waals surface area contributed by atoms with E-state index in [2.05, 4.69) is 5.32 Å². The van der Waals surface area contributed by atoms with Crippen LogP contribution in [0.3, 0.4) is 0 Å². The number of rotatable bonds is 3. The fourth-order valence-corrected chi connectivity index (χ4v) is 2.05. The lowest BCUT2D eigenvalue weighted by Crippen LogP contribution is -2.48. The van der Waals surface area contributed by atoms with Crippen LogP contribution < -0.4 is 10.1 Å². The third-order valence-corrected chi connectivity index (χ3v) is 3.14. The van der Waals surface area contributed by atoms with E-state index in [4.69, 9.17) is 16.3 Å². The fraction of sp³-hybridized carbons (Fsp3) is 0.333. The molecule has 0 bridgehead atoms. The molecule has 1 aliphatic rings. The molecule has 18 heavy (non-hydrogen) atoms. The molecule has 0 saturated carbocycles. The van der Waals surface area contributed by atoms with Crippen LogP contribution in [0.5, 0.6) is 5.75 Å². The first kappa shape index (κ1) is 12.7. The maximum Gasteiger partial charge on any atom is 0.324 e. The number of halogens is 1. The van der Waals surface area contributed by atoms with Gasteiger partial charge in [-0.25, -0.2) is 4.79 Å². The molecule has 0 spiro atoms. The minimum absolute atomic E-state index is 0.248. The predicted molar refractivity (Wildman–Crippen MR) is 66.6 cm³/mol. The number of nitrogens with zero attached hydrogens (tertiary/aromatic N) is 1. The molecule has 0 aliphatic carbocycles. The van der Waals surface area contributed by atoms with E-state index in [0.717, 1.165) is 5.56 Å². The summed E-state index contributed by atoms with van der Waals surface area (Å²) in [6, 6.07) is 4.92. The summed E-state index contributed by atoms with van der Waals surface area (Å²) in [5.74, 6) is 0.384. The molecule has 2 rings (SSSR count). The number of amides is 3. The summed E-state index contributed by atoms with van der Waals surface area (Å²) < 4.78 is 5.21. The Bertz CT molecular complexity index is 490. The SMILES string of the molecule is COc1cccc(Cl)c1CN1CCC(=O)NC1=O. The molecule has 1 saturated heterocycles. The topological polar surface area (TPSA) is 58.6 Å². The van der Waals surface area contributed by atoms with Gasteiger partial charge in [0.25, 0.3) is 0 Å². The largest absolute Gasteiger partial charge is 0.496 e. The Morgan fingerprint density at radius 3 is 2.89 bits per heavy atom. The molecule has 1 aliphatic heterocycles. The van der Waals surface area contributed by atoms with Crippen LogP contribution in [0, 0.1) is 0 Å². The Balaban J connectivity index is 2.19. The second-order valence-corrected chi connectivity index (χ2v) is 4.35. The van der Waals surface area contributed by atoms with Crippen molar-refractivity contribution in [1.82, 2.24) is 10.2 Å². The summed E-state index contributed by atoms with van der Waals surface area (Å²) >= 11 is 6.10. The van der Waals surface area contributed by atoms with Crippen molar-refractivity contribution in [3.63, 3.8) is 0 Å². The minimum atomic E-state index is -0.395. The zero-order valence-electron chi connectivity index (χ0n) is 9.90. The summed E-state index contributed by atoms with van der Waals surface area (Å²) in [4.78, 5) is 24.2. The predicted octanol–water partition coefficient (Wildman–Crippen LogP) is 1.79. The third-order valence-electron chi connectivity index (χ3n) is 2.79. The number of hydrogen-bond donors (Lipinski definition) is 1. The first-order chi connectivity index (χ1) is 8.61. The van der Waals surface area contributed by atoms with Gasteiger partial charge < -0.3 is 9.64 Å². The Morgan fingerprint density at radius 1 is 1.44 bits per heavy atom. The molecule has 0 unspecified atom stereocenters. The van der Waals surface area contributed by atoms with Gasteiger partial charge in [0.2, 0.25) is 5.91 Å². The monoisotopic (exact) mass is 268 g/mol. The van der Waals surface area contributed by atoms with Crippen LogP contribution in [0.2, 0.25) is 5.02 Å². The summed E-state index contributed by atoms with van der Waals surface area (Å²) in [7, 11) is 1.55. The molecule has 1 N–H and O–H groups in total. The highest BCUT2D eigenvalue weighted by Gasteiger charge is 2.24. The molecule has 3 amide bonds. The summed E-state index contributed by atoms with van der Waals surface area (Å²) in [6.45, 7) is 0.709. The molecule has 5 nitrogen and oxygen atoms in total. The standard InChI is InChI=1S/C12H13ClN2O3/c1-18-10-4-2-3-9(13)8(10)7-15-6-5-11(16)14-12(15)17/h2-4H,5-7H2,1H3,(H,14,16,17). The van der Waals surface area contributed by atoms with Gasteiger partial charge in [-0.2, -0.15) is 0 Å². The minimum Gasteiger partial charge on any atom is -0.496 e. The highest BCUT2D eigenvalue weighted by atomic mass is 35.5. The van der Waals surface area contributed by atoms with Gasteiger partial charge in [0, 0.05) is 23.6 Å². The number of carbonyl (C=O) groups is 2. The summed E-state index contributed by atoms with van der Waals surface area (Å²) in [6.07, 6.45) is 0.304. The molecule has 1 aromatic carbocycles. The van der Waals surface area contributed by atoms with Crippen LogP contribution >= 0.6 is 11.6 Å². The maximum atomic E-state index is 11.6. The molecule has 0 atom stereocenters. The van der Waals surface area contributed by atoms with E-state index in [1.807, 2.05) is 0 Å². The van der Waals surface area contributed by atoms with Crippen molar-refractivity contribution in [1.29, 1.82) is 0 Å². The highest BCUT2D eigenvalue weighted by molar-refractivity contribution is 6.31. The normalized spacial score (nSPS) is 15.6. The van der Waals surface area contributed by atoms with Gasteiger partial charge in [-0.3, -0.25) is 10.1 Å². The molecule has 1 fully saturated rings. The smallest absolute Gasteiger partial charge is 0.324 e. The summed E-state index contributed by atoms with van der Waals surface area (Å²) in [5.41, 5.74) is 0.742. The van der Waals surface area contributed by atoms with Crippen molar-refractivity contribution < 1.29 is 14.3 Å². The van der Waals surface area contributed by atoms with Crippen LogP contribution in [0.15, 0.2) is 18.2 Å². The molecule has 1 heterocycles. The number of ether oxygens (including phenoxy) is 1. The quantitative estimate of drug-likeness (QED) is 0.909. The Morgan fingerprint density at radius 2 is 2.22 bits per heavy atom. The van der Waals surface area contributed by atoms with Gasteiger partial charge in [-0.1, -0.05) is 17.7 Å². The molecule has 0 aromatic heterocycles. The third kappa shape index (κ3) is 2.56. The van der Waals surface area contributed by atoms with Crippen LogP contribution in [0.25, 0.3) is 0 Å². The zero-order valence-corrected chi connectivity index (χ0v) is 10.7. The van der Waals surface area contributed by atoms with Gasteiger partial charge in [0.1, 0.15) is 5.75 Å². The van der Waals surface area contributed by atoms with Crippen LogP contribution in [-0.4, -0.2) is 30.5 Å². The Kier molecular flexibility index (Phi) is 3.72. The molecule has 6 heteroatoms. The fourth-order valence-electron chi connectivity index (χ4n) is 1.82. The number of nitrogens with one attached hydrogen (secondary N) is 1. The second-order valence-electron chi connectivity index (χ2n) is 3.95. The van der Waals surface area contributed by atoms with E-state index in [-0.39, 0.29) is 5.91 Å². The van der Waals surface area contributed by atoms with Crippen molar-refractivity contribution in [3.05, 3.63) is 28.8 Å². The van der Waals surface area contributed by atoms with E-state index in [1.54, 1.807) is 25.3 Å². The van der Waals surface area contributed by atoms with Crippen LogP contribution in [0.4, 0.5) is 4.79 Å². The lowest BCUT2D eigenvalue weighted by molar-refractivity contribution is -0.121. The van der Waals surface area contributed by atoms with Gasteiger partial charge in [-0.15, -0.1) is 0 Å². The van der Waals surface area contributed by atoms with E-state index < -0.39 is 6.03 Å². The number of urea groups is 1. The van der Waals surface area contributed by atoms with Crippen molar-refractivity contribution in [2.24, 2.45) is 0 Å². The van der Waals surface area contributed by atoms with E-state index in [1.165, 1.54) is 4.90 Å². The number of imide groups is 1. The number of benzene rings is 1. The number of hydrogen-bond acceptors (Lipinski definition) is 3. The Hall–Kier alpha value is -1.75. The maximum absolute atomic E-state index is 11.6. The van der Waals surface area contributed by atoms with Gasteiger partial charge in [0.15, 0.2) is 0 Å². The zero-order chi connectivity index (χ0) is 13.1. The van der Waals surface area contributed by atoms with E-state index in [0.29, 0.717) is 30.3 Å². The lowest BCUT2D eigenvalue weighted by atomic mass is 10.1. The highest BCUT2D eigenvalue weighted by Crippen LogP contribution is 2.27. The lowest BCUT2D eigenvalue weighted by Gasteiger charge is -2.27. The first-order valence-electron chi connectivity index (χ1n) is 5.52. The van der Waals surface area contributed by atoms with Gasteiger partial charge in [0.05, 0.1) is 13.7 Å². The molecular formula is C12H13ClN2O3. The van der Waals surface area contributed by atoms with Gasteiger partial charge >= 0.3 is 6.03 Å². The van der Waals surface area contributed by atoms with Crippen molar-refractivity contribution in [2.75, 3.05) is 13.7 Å². The molecular weight excluding hydrogens is 256 g/mol. The molecule has 96 valence electrons. The van der Waals surface area contributed by atoms with Crippen molar-refractivity contribution >= 4 is 23.5 Å². The Labute approximate surface area is 110 Å². The first-order valence-corrected chi connectivity index (χ1v) is 5.89. The van der Waals surface area contributed by atoms with E-state index in [9.17, 15) is 9.59 Å². The molecule has 0 radical (unpaired) electrons. The second kappa shape index (κ2) is 5.27. The van der Waals surface area contributed by atoms with E-state index >= 15 is 0 Å². The average molecular weight is 269 g/mol. The van der Waals surface area contributed by atoms with Crippen molar-refractivity contribution in [3.8, 4) is 5.75 Å². The van der Waals surface area contributed by atoms with Crippen LogP contribution in [-0.2, 0) is 11.3 Å². The number of methoxy groups -OCH3 is 1. The molecule has 1 aromatic rings. The van der Waals surface area contributed by atoms with Crippen LogP contribution in [0.1, 0.15) is 12.0 Å². The number of carbonyl (C=O) groups excluding carboxylic acids is 2. The van der Waals surface area contributed by atoms with Gasteiger partial charge in [-0.05, 0) is 12.1 Å².